The van der Waals surface area contributed by atoms with Gasteiger partial charge in [0.2, 0.25) is 10.3 Å². The van der Waals surface area contributed by atoms with Crippen molar-refractivity contribution in [2.75, 3.05) is 29.7 Å². The molecule has 350 valence electrons. The van der Waals surface area contributed by atoms with E-state index in [-0.39, 0.29) is 21.7 Å². The van der Waals surface area contributed by atoms with Gasteiger partial charge in [0.25, 0.3) is 21.8 Å². The second kappa shape index (κ2) is 20.3. The van der Waals surface area contributed by atoms with Crippen LogP contribution in [0.4, 0.5) is 21.6 Å². The van der Waals surface area contributed by atoms with Crippen molar-refractivity contribution in [3.05, 3.63) is 141 Å². The van der Waals surface area contributed by atoms with Gasteiger partial charge in [-0.15, -0.1) is 44.2 Å². The van der Waals surface area contributed by atoms with Crippen LogP contribution < -0.4 is 20.9 Å². The molecular formula is C46H41N13O5S5. The molecule has 1 aliphatic rings. The van der Waals surface area contributed by atoms with E-state index in [4.69, 9.17) is 4.98 Å². The van der Waals surface area contributed by atoms with Crippen molar-refractivity contribution in [1.82, 2.24) is 44.7 Å². The number of amides is 2. The SMILES string of the molecule is O=C(NCCCCCN1CCCn2nc(C(=O)Nc3nc4ccc(NS(=O)(=O)c5cccs5)cc4s3)cc2C1)c1ccc(-c2csc(-n3[nH]c(-c4ccccc4)c(N=Nc4nccs4)c3=O)n2)cc1. The Morgan fingerprint density at radius 3 is 2.52 bits per heavy atom. The Labute approximate surface area is 410 Å². The zero-order valence-electron chi connectivity index (χ0n) is 36.4. The van der Waals surface area contributed by atoms with Crippen molar-refractivity contribution in [2.45, 2.75) is 43.0 Å². The molecule has 69 heavy (non-hydrogen) atoms. The van der Waals surface area contributed by atoms with Crippen LogP contribution in [0.1, 0.15) is 52.2 Å². The van der Waals surface area contributed by atoms with Crippen LogP contribution >= 0.6 is 45.3 Å². The summed E-state index contributed by atoms with van der Waals surface area (Å²) in [6, 6.07) is 26.8. The Morgan fingerprint density at radius 1 is 0.841 bits per heavy atom. The third-order valence-electron chi connectivity index (χ3n) is 11.1. The average molecular weight is 1020 g/mol. The van der Waals surface area contributed by atoms with Gasteiger partial charge in [-0.2, -0.15) is 9.78 Å². The minimum atomic E-state index is -3.69. The molecule has 0 unspecified atom stereocenters. The lowest BCUT2D eigenvalue weighted by Crippen LogP contribution is -2.26. The maximum atomic E-state index is 13.6. The second-order valence-corrected chi connectivity index (χ2v) is 21.4. The van der Waals surface area contributed by atoms with Crippen LogP contribution in [0.25, 0.3) is 37.9 Å². The molecule has 2 amide bonds. The van der Waals surface area contributed by atoms with Gasteiger partial charge in [-0.05, 0) is 73.7 Å². The lowest BCUT2D eigenvalue weighted by atomic mass is 10.1. The number of hydrogen-bond acceptors (Lipinski definition) is 16. The minimum Gasteiger partial charge on any atom is -0.352 e. The Balaban J connectivity index is 0.680. The van der Waals surface area contributed by atoms with E-state index in [0.717, 1.165) is 71.6 Å². The van der Waals surface area contributed by atoms with Crippen LogP contribution in [-0.4, -0.2) is 79.3 Å². The molecule has 6 aromatic heterocycles. The van der Waals surface area contributed by atoms with E-state index in [9.17, 15) is 22.8 Å². The molecule has 0 bridgehead atoms. The van der Waals surface area contributed by atoms with Gasteiger partial charge in [0.15, 0.2) is 16.5 Å². The Kier molecular flexibility index (Phi) is 13.5. The highest BCUT2D eigenvalue weighted by atomic mass is 32.2. The predicted octanol–water partition coefficient (Wildman–Crippen LogP) is 9.55. The number of aromatic nitrogens is 7. The first-order valence-electron chi connectivity index (χ1n) is 21.8. The van der Waals surface area contributed by atoms with Gasteiger partial charge < -0.3 is 5.32 Å². The molecular weight excluding hydrogens is 975 g/mol. The van der Waals surface area contributed by atoms with Gasteiger partial charge in [-0.25, -0.2) is 23.4 Å². The van der Waals surface area contributed by atoms with Crippen molar-refractivity contribution >= 4 is 99.0 Å². The Bertz CT molecular complexity index is 3450. The molecule has 7 heterocycles. The smallest absolute Gasteiger partial charge is 0.301 e. The molecule has 9 aromatic rings. The highest BCUT2D eigenvalue weighted by Crippen LogP contribution is 2.32. The summed E-state index contributed by atoms with van der Waals surface area (Å²) in [7, 11) is -3.69. The molecule has 18 nitrogen and oxygen atoms in total. The standard InChI is InChI=1S/C46H41N13O5S5/c60-41(31-14-12-29(13-15-31)36-28-67-46(50-36)59-43(62)40(52-53-44-48-19-24-66-44)39(55-59)30-9-3-1-4-10-30)47-18-5-2-6-20-57-21-8-22-58-33(27-57)26-35(54-58)42(61)51-45-49-34-17-16-32(25-37(34)68-45)56-69(63,64)38-11-7-23-65-38/h1,3-4,7,9-17,19,23-26,28,55-56H,2,5-6,8,18,20-22,27H2,(H,47,60)(H,49,51,61). The molecule has 0 radical (unpaired) electrons. The molecule has 0 aliphatic carbocycles. The second-order valence-electron chi connectivity index (χ2n) is 15.8. The Morgan fingerprint density at radius 2 is 1.71 bits per heavy atom. The molecule has 0 saturated heterocycles. The summed E-state index contributed by atoms with van der Waals surface area (Å²) in [6.07, 6.45) is 5.25. The minimum absolute atomic E-state index is 0.151. The number of nitrogens with one attached hydrogen (secondary N) is 4. The van der Waals surface area contributed by atoms with Crippen molar-refractivity contribution in [3.8, 4) is 27.6 Å². The van der Waals surface area contributed by atoms with E-state index in [2.05, 4.69) is 50.6 Å². The molecule has 0 atom stereocenters. The fourth-order valence-corrected chi connectivity index (χ4v) is 11.9. The van der Waals surface area contributed by atoms with Crippen LogP contribution in [0, 0.1) is 0 Å². The largest absolute Gasteiger partial charge is 0.352 e. The summed E-state index contributed by atoms with van der Waals surface area (Å²) in [5.41, 5.74) is 5.38. The summed E-state index contributed by atoms with van der Waals surface area (Å²) in [6.45, 7) is 3.72. The van der Waals surface area contributed by atoms with Gasteiger partial charge in [0.05, 0.1) is 33.0 Å². The maximum Gasteiger partial charge on any atom is 0.301 e. The number of H-pyrrole nitrogens is 1. The topological polar surface area (TPSA) is 227 Å². The quantitative estimate of drug-likeness (QED) is 0.0499. The summed E-state index contributed by atoms with van der Waals surface area (Å²) >= 11 is 5.02. The zero-order valence-corrected chi connectivity index (χ0v) is 40.5. The number of nitrogens with zero attached hydrogens (tertiary/aromatic N) is 9. The lowest BCUT2D eigenvalue weighted by Gasteiger charge is -2.19. The molecule has 0 saturated carbocycles. The molecule has 3 aromatic carbocycles. The monoisotopic (exact) mass is 1020 g/mol. The number of aryl methyl sites for hydroxylation is 1. The first-order valence-corrected chi connectivity index (χ1v) is 26.7. The number of unbranched alkanes of at least 4 members (excludes halogenated alkanes) is 2. The van der Waals surface area contributed by atoms with Gasteiger partial charge in [0.1, 0.15) is 4.21 Å². The fourth-order valence-electron chi connectivity index (χ4n) is 7.71. The van der Waals surface area contributed by atoms with E-state index in [0.29, 0.717) is 68.9 Å². The molecule has 0 fully saturated rings. The Hall–Kier alpha value is -7.02. The van der Waals surface area contributed by atoms with Gasteiger partial charge >= 0.3 is 5.56 Å². The lowest BCUT2D eigenvalue weighted by molar-refractivity contribution is 0.0952. The van der Waals surface area contributed by atoms with Crippen molar-refractivity contribution in [2.24, 2.45) is 10.2 Å². The van der Waals surface area contributed by atoms with E-state index >= 15 is 0 Å². The number of thiazole rings is 3. The number of fused-ring (bicyclic) bond motifs is 2. The van der Waals surface area contributed by atoms with Gasteiger partial charge in [0, 0.05) is 59.8 Å². The molecule has 10 rings (SSSR count). The van der Waals surface area contributed by atoms with Crippen LogP contribution in [-0.2, 0) is 23.1 Å². The highest BCUT2D eigenvalue weighted by molar-refractivity contribution is 7.94. The summed E-state index contributed by atoms with van der Waals surface area (Å²) in [5.74, 6) is -0.515. The van der Waals surface area contributed by atoms with E-state index in [1.54, 1.807) is 59.4 Å². The number of hydrogen-bond donors (Lipinski definition) is 4. The van der Waals surface area contributed by atoms with Crippen molar-refractivity contribution in [1.29, 1.82) is 0 Å². The first kappa shape index (κ1) is 45.7. The van der Waals surface area contributed by atoms with Crippen LogP contribution in [0.2, 0.25) is 0 Å². The summed E-state index contributed by atoms with van der Waals surface area (Å²) in [4.78, 5) is 55.8. The van der Waals surface area contributed by atoms with E-state index < -0.39 is 15.6 Å². The normalized spacial score (nSPS) is 13.2. The number of rotatable bonds is 17. The summed E-state index contributed by atoms with van der Waals surface area (Å²) < 4.78 is 32.2. The first-order chi connectivity index (χ1) is 33.6. The number of benzene rings is 3. The molecule has 4 N–H and O–H groups in total. The molecule has 23 heteroatoms. The van der Waals surface area contributed by atoms with Gasteiger partial charge in [-0.1, -0.05) is 66.3 Å². The number of aromatic amines is 1. The molecule has 1 aliphatic heterocycles. The average Bonchev–Trinajstić information content (AvgIpc) is 4.23. The van der Waals surface area contributed by atoms with Crippen molar-refractivity contribution in [3.63, 3.8) is 0 Å². The molecule has 0 spiro atoms. The van der Waals surface area contributed by atoms with E-state index in [1.165, 1.54) is 38.7 Å². The van der Waals surface area contributed by atoms with Crippen LogP contribution in [0.3, 0.4) is 0 Å². The van der Waals surface area contributed by atoms with Crippen LogP contribution in [0.5, 0.6) is 0 Å². The number of sulfonamides is 1. The van der Waals surface area contributed by atoms with E-state index in [1.807, 2.05) is 58.6 Å². The number of thiophene rings is 1. The van der Waals surface area contributed by atoms with Crippen LogP contribution in [0.15, 0.2) is 133 Å². The fraction of sp³-hybridized carbons (Fsp3) is 0.196. The highest BCUT2D eigenvalue weighted by Gasteiger charge is 2.23. The maximum absolute atomic E-state index is 13.6. The van der Waals surface area contributed by atoms with Gasteiger partial charge in [-0.3, -0.25) is 39.1 Å². The zero-order chi connectivity index (χ0) is 47.3. The number of carbonyl (C=O) groups is 2. The summed E-state index contributed by atoms with van der Waals surface area (Å²) in [5, 5.41) is 28.8. The number of anilines is 2. The van der Waals surface area contributed by atoms with Crippen molar-refractivity contribution < 1.29 is 18.0 Å². The third kappa shape index (κ3) is 10.5. The number of carbonyl (C=O) groups excluding carboxylic acids is 2. The third-order valence-corrected chi connectivity index (χ3v) is 16.3. The predicted molar refractivity (Wildman–Crippen MR) is 270 cm³/mol. The number of azo groups is 1.